The number of amidine groups is 1. The van der Waals surface area contributed by atoms with Crippen LogP contribution in [0.15, 0.2) is 28.9 Å². The maximum absolute atomic E-state index is 6.60. The van der Waals surface area contributed by atoms with E-state index in [2.05, 4.69) is 45.1 Å². The average Bonchev–Trinajstić information content (AvgIpc) is 2.58. The minimum absolute atomic E-state index is 0.220. The van der Waals surface area contributed by atoms with Gasteiger partial charge in [0.2, 0.25) is 0 Å². The summed E-state index contributed by atoms with van der Waals surface area (Å²) in [5.74, 6) is 1.88. The fraction of sp³-hybridized carbons (Fsp3) is 0.550. The van der Waals surface area contributed by atoms with Crippen LogP contribution in [0, 0.1) is 5.92 Å². The number of nitrogens with two attached hydrogens (primary N) is 2. The van der Waals surface area contributed by atoms with Gasteiger partial charge in [-0.25, -0.2) is 4.99 Å². The third-order valence-corrected chi connectivity index (χ3v) is 5.18. The highest BCUT2D eigenvalue weighted by Gasteiger charge is 2.40. The van der Waals surface area contributed by atoms with Gasteiger partial charge in [-0.1, -0.05) is 33.8 Å². The summed E-state index contributed by atoms with van der Waals surface area (Å²) in [5, 5.41) is 3.43. The van der Waals surface area contributed by atoms with E-state index in [0.29, 0.717) is 11.8 Å². The third-order valence-electron chi connectivity index (χ3n) is 5.18. The predicted molar refractivity (Wildman–Crippen MR) is 105 cm³/mol. The Morgan fingerprint density at radius 1 is 1.24 bits per heavy atom. The molecule has 1 aliphatic rings. The van der Waals surface area contributed by atoms with Crippen LogP contribution in [0.5, 0.6) is 5.75 Å². The van der Waals surface area contributed by atoms with Crippen LogP contribution < -0.4 is 21.5 Å². The van der Waals surface area contributed by atoms with Crippen molar-refractivity contribution >= 4 is 11.5 Å². The molecule has 1 atom stereocenters. The summed E-state index contributed by atoms with van der Waals surface area (Å²) in [6, 6.07) is 6.23. The number of benzene rings is 1. The first-order chi connectivity index (χ1) is 11.8. The Labute approximate surface area is 151 Å². The van der Waals surface area contributed by atoms with Crippen molar-refractivity contribution in [2.75, 3.05) is 7.11 Å². The van der Waals surface area contributed by atoms with Crippen LogP contribution in [0.3, 0.4) is 0 Å². The van der Waals surface area contributed by atoms with Gasteiger partial charge in [0.25, 0.3) is 0 Å². The maximum Gasteiger partial charge on any atom is 0.148 e. The molecule has 0 amide bonds. The van der Waals surface area contributed by atoms with Gasteiger partial charge >= 0.3 is 0 Å². The summed E-state index contributed by atoms with van der Waals surface area (Å²) in [7, 11) is 1.68. The SMILES string of the molecule is CCC(CC)C1(N)NC(C)=C(c2ccc(C(C)C)cc2OC)N=C1N. The lowest BCUT2D eigenvalue weighted by Gasteiger charge is -2.40. The van der Waals surface area contributed by atoms with E-state index in [0.717, 1.165) is 35.5 Å². The molecule has 2 rings (SSSR count). The zero-order chi connectivity index (χ0) is 18.8. The van der Waals surface area contributed by atoms with Crippen LogP contribution in [-0.4, -0.2) is 18.6 Å². The second-order valence-electron chi connectivity index (χ2n) is 7.09. The molecule has 5 nitrogen and oxygen atoms in total. The monoisotopic (exact) mass is 344 g/mol. The summed E-state index contributed by atoms with van der Waals surface area (Å²) in [6.45, 7) is 10.6. The first-order valence-electron chi connectivity index (χ1n) is 9.09. The second kappa shape index (κ2) is 7.48. The molecule has 1 heterocycles. The van der Waals surface area contributed by atoms with Gasteiger partial charge in [0, 0.05) is 17.2 Å². The normalized spacial score (nSPS) is 20.8. The van der Waals surface area contributed by atoms with E-state index in [1.807, 2.05) is 13.0 Å². The highest BCUT2D eigenvalue weighted by Crippen LogP contribution is 2.35. The van der Waals surface area contributed by atoms with Gasteiger partial charge in [-0.05, 0) is 43.4 Å². The van der Waals surface area contributed by atoms with Crippen molar-refractivity contribution in [1.29, 1.82) is 0 Å². The number of ether oxygens (including phenoxy) is 1. The van der Waals surface area contributed by atoms with Crippen LogP contribution in [0.4, 0.5) is 0 Å². The topological polar surface area (TPSA) is 85.7 Å². The van der Waals surface area contributed by atoms with Crippen molar-refractivity contribution in [2.45, 2.75) is 59.0 Å². The molecular formula is C20H32N4O. The molecule has 0 saturated heterocycles. The fourth-order valence-corrected chi connectivity index (χ4v) is 3.50. The number of hydrogen-bond donors (Lipinski definition) is 3. The van der Waals surface area contributed by atoms with Gasteiger partial charge in [-0.2, -0.15) is 0 Å². The van der Waals surface area contributed by atoms with E-state index < -0.39 is 5.66 Å². The van der Waals surface area contributed by atoms with E-state index in [1.54, 1.807) is 7.11 Å². The Hall–Kier alpha value is -2.01. The van der Waals surface area contributed by atoms with Crippen LogP contribution in [-0.2, 0) is 0 Å². The molecule has 1 aromatic rings. The average molecular weight is 345 g/mol. The second-order valence-corrected chi connectivity index (χ2v) is 7.09. The highest BCUT2D eigenvalue weighted by molar-refractivity contribution is 5.97. The van der Waals surface area contributed by atoms with E-state index in [9.17, 15) is 0 Å². The lowest BCUT2D eigenvalue weighted by atomic mass is 9.85. The Morgan fingerprint density at radius 2 is 1.88 bits per heavy atom. The molecule has 1 unspecified atom stereocenters. The summed E-state index contributed by atoms with van der Waals surface area (Å²) in [4.78, 5) is 4.69. The van der Waals surface area contributed by atoms with Crippen LogP contribution in [0.2, 0.25) is 0 Å². The van der Waals surface area contributed by atoms with E-state index in [1.165, 1.54) is 5.56 Å². The summed E-state index contributed by atoms with van der Waals surface area (Å²) < 4.78 is 5.61. The number of nitrogens with zero attached hydrogens (tertiary/aromatic N) is 1. The van der Waals surface area contributed by atoms with Gasteiger partial charge in [0.1, 0.15) is 17.2 Å². The number of allylic oxidation sites excluding steroid dienone is 1. The first-order valence-corrected chi connectivity index (χ1v) is 9.09. The van der Waals surface area contributed by atoms with E-state index in [-0.39, 0.29) is 5.92 Å². The van der Waals surface area contributed by atoms with Crippen molar-refractivity contribution in [2.24, 2.45) is 22.4 Å². The molecule has 1 aliphatic heterocycles. The maximum atomic E-state index is 6.60. The Morgan fingerprint density at radius 3 is 2.40 bits per heavy atom. The molecule has 25 heavy (non-hydrogen) atoms. The predicted octanol–water partition coefficient (Wildman–Crippen LogP) is 3.56. The van der Waals surface area contributed by atoms with Crippen molar-refractivity contribution in [3.63, 3.8) is 0 Å². The van der Waals surface area contributed by atoms with Gasteiger partial charge in [0.05, 0.1) is 12.8 Å². The van der Waals surface area contributed by atoms with Crippen molar-refractivity contribution in [3.05, 3.63) is 35.0 Å². The number of methoxy groups -OCH3 is 1. The smallest absolute Gasteiger partial charge is 0.148 e. The number of aliphatic imine (C=N–C) groups is 1. The quantitative estimate of drug-likeness (QED) is 0.736. The molecule has 0 radical (unpaired) electrons. The molecular weight excluding hydrogens is 312 g/mol. The molecule has 5 N–H and O–H groups in total. The van der Waals surface area contributed by atoms with E-state index in [4.69, 9.17) is 21.2 Å². The van der Waals surface area contributed by atoms with Crippen LogP contribution in [0.25, 0.3) is 5.70 Å². The van der Waals surface area contributed by atoms with Gasteiger partial charge in [-0.3, -0.25) is 0 Å². The molecule has 0 fully saturated rings. The molecule has 0 bridgehead atoms. The zero-order valence-corrected chi connectivity index (χ0v) is 16.3. The molecule has 1 aromatic carbocycles. The molecule has 5 heteroatoms. The van der Waals surface area contributed by atoms with Gasteiger partial charge in [0.15, 0.2) is 0 Å². The standard InChI is InChI=1S/C20H32N4O/c1-7-15(8-2)20(22)19(21)23-18(13(5)24-20)16-10-9-14(12(3)4)11-17(16)25-6/h9-12,15,24H,7-8,22H2,1-6H3,(H2,21,23). The Kier molecular flexibility index (Phi) is 5.78. The summed E-state index contributed by atoms with van der Waals surface area (Å²) >= 11 is 0. The molecule has 0 aliphatic carbocycles. The highest BCUT2D eigenvalue weighted by atomic mass is 16.5. The van der Waals surface area contributed by atoms with Gasteiger partial charge in [-0.15, -0.1) is 0 Å². The van der Waals surface area contributed by atoms with E-state index >= 15 is 0 Å². The molecule has 138 valence electrons. The first kappa shape index (κ1) is 19.3. The van der Waals surface area contributed by atoms with Gasteiger partial charge < -0.3 is 21.5 Å². The molecule has 0 spiro atoms. The molecule has 0 aromatic heterocycles. The number of nitrogens with one attached hydrogen (secondary N) is 1. The van der Waals surface area contributed by atoms with Crippen molar-refractivity contribution in [1.82, 2.24) is 5.32 Å². The summed E-state index contributed by atoms with van der Waals surface area (Å²) in [6.07, 6.45) is 1.87. The van der Waals surface area contributed by atoms with Crippen molar-refractivity contribution in [3.8, 4) is 5.75 Å². The number of hydrogen-bond acceptors (Lipinski definition) is 5. The largest absolute Gasteiger partial charge is 0.496 e. The minimum atomic E-state index is -0.803. The van der Waals surface area contributed by atoms with Crippen LogP contribution >= 0.6 is 0 Å². The third kappa shape index (κ3) is 3.52. The van der Waals surface area contributed by atoms with Crippen LogP contribution in [0.1, 0.15) is 64.5 Å². The lowest BCUT2D eigenvalue weighted by Crippen LogP contribution is -2.67. The Bertz CT molecular complexity index is 689. The number of rotatable bonds is 6. The minimum Gasteiger partial charge on any atom is -0.496 e. The molecule has 0 saturated carbocycles. The van der Waals surface area contributed by atoms with Crippen molar-refractivity contribution < 1.29 is 4.74 Å². The lowest BCUT2D eigenvalue weighted by molar-refractivity contribution is 0.294. The fourth-order valence-electron chi connectivity index (χ4n) is 3.50. The zero-order valence-electron chi connectivity index (χ0n) is 16.3. The Balaban J connectivity index is 2.49. The summed E-state index contributed by atoms with van der Waals surface area (Å²) in [5.41, 5.74) is 16.0.